The number of esters is 1. The number of nitrogen functional groups attached to an aromatic ring is 1. The van der Waals surface area contributed by atoms with Crippen molar-refractivity contribution in [3.05, 3.63) is 17.7 Å². The molecule has 6 heteroatoms. The minimum atomic E-state index is -0.437. The first-order valence-electron chi connectivity index (χ1n) is 3.91. The van der Waals surface area contributed by atoms with Crippen LogP contribution in [0.15, 0.2) is 12.1 Å². The molecule has 2 aromatic rings. The fraction of sp³-hybridized carbons (Fsp3) is 0.125. The number of aromatic amines is 1. The number of nitrogens with two attached hydrogens (primary N) is 1. The number of nitrogens with zero attached hydrogens (tertiary/aromatic N) is 2. The van der Waals surface area contributed by atoms with Crippen molar-refractivity contribution in [1.29, 1.82) is 0 Å². The van der Waals surface area contributed by atoms with Crippen LogP contribution in [0.3, 0.4) is 0 Å². The molecule has 1 heterocycles. The molecule has 0 unspecified atom stereocenters. The zero-order valence-corrected chi connectivity index (χ0v) is 7.44. The van der Waals surface area contributed by atoms with Gasteiger partial charge in [-0.2, -0.15) is 0 Å². The van der Waals surface area contributed by atoms with Crippen LogP contribution in [0, 0.1) is 0 Å². The maximum atomic E-state index is 11.2. The Morgan fingerprint density at radius 3 is 3.07 bits per heavy atom. The molecule has 0 saturated carbocycles. The second-order valence-corrected chi connectivity index (χ2v) is 2.77. The topological polar surface area (TPSA) is 93.9 Å². The molecule has 3 N–H and O–H groups in total. The predicted octanol–water partition coefficient (Wildman–Crippen LogP) is 0.327. The number of carbonyl (C=O) groups excluding carboxylic acids is 1. The van der Waals surface area contributed by atoms with Gasteiger partial charge in [-0.3, -0.25) is 5.10 Å². The van der Waals surface area contributed by atoms with Gasteiger partial charge in [-0.15, -0.1) is 5.10 Å². The smallest absolute Gasteiger partial charge is 0.338 e. The summed E-state index contributed by atoms with van der Waals surface area (Å²) in [5.41, 5.74) is 7.61. The number of fused-ring (bicyclic) bond motifs is 1. The van der Waals surface area contributed by atoms with Crippen molar-refractivity contribution in [1.82, 2.24) is 15.4 Å². The van der Waals surface area contributed by atoms with Gasteiger partial charge in [-0.05, 0) is 12.1 Å². The van der Waals surface area contributed by atoms with E-state index < -0.39 is 5.97 Å². The van der Waals surface area contributed by atoms with Crippen LogP contribution in [0.5, 0.6) is 0 Å². The molecule has 0 bridgehead atoms. The Balaban J connectivity index is 2.64. The molecule has 1 aromatic heterocycles. The molecular weight excluding hydrogens is 184 g/mol. The number of benzene rings is 1. The van der Waals surface area contributed by atoms with Crippen LogP contribution in [0.2, 0.25) is 0 Å². The second kappa shape index (κ2) is 2.99. The van der Waals surface area contributed by atoms with Crippen LogP contribution in [0.1, 0.15) is 10.4 Å². The van der Waals surface area contributed by atoms with Gasteiger partial charge < -0.3 is 10.5 Å². The number of rotatable bonds is 1. The molecule has 0 aliphatic carbocycles. The van der Waals surface area contributed by atoms with Gasteiger partial charge in [0.2, 0.25) is 0 Å². The Bertz CT molecular complexity index is 491. The molecule has 0 radical (unpaired) electrons. The van der Waals surface area contributed by atoms with Crippen LogP contribution in [-0.4, -0.2) is 28.5 Å². The largest absolute Gasteiger partial charge is 0.465 e. The van der Waals surface area contributed by atoms with Crippen molar-refractivity contribution in [3.63, 3.8) is 0 Å². The summed E-state index contributed by atoms with van der Waals surface area (Å²) in [4.78, 5) is 11.2. The highest BCUT2D eigenvalue weighted by Crippen LogP contribution is 2.19. The number of hydrogen-bond donors (Lipinski definition) is 2. The van der Waals surface area contributed by atoms with E-state index in [2.05, 4.69) is 20.1 Å². The van der Waals surface area contributed by atoms with Crippen LogP contribution < -0.4 is 5.73 Å². The zero-order chi connectivity index (χ0) is 10.1. The number of anilines is 1. The van der Waals surface area contributed by atoms with Gasteiger partial charge in [0.1, 0.15) is 5.52 Å². The van der Waals surface area contributed by atoms with Gasteiger partial charge in [-0.25, -0.2) is 4.79 Å². The summed E-state index contributed by atoms with van der Waals surface area (Å²) in [6.45, 7) is 0. The Morgan fingerprint density at radius 1 is 1.57 bits per heavy atom. The lowest BCUT2D eigenvalue weighted by Crippen LogP contribution is -2.02. The minimum Gasteiger partial charge on any atom is -0.465 e. The molecule has 0 fully saturated rings. The zero-order valence-electron chi connectivity index (χ0n) is 7.44. The highest BCUT2D eigenvalue weighted by molar-refractivity contribution is 5.97. The normalized spacial score (nSPS) is 10.4. The summed E-state index contributed by atoms with van der Waals surface area (Å²) in [7, 11) is 1.31. The lowest BCUT2D eigenvalue weighted by Gasteiger charge is -2.00. The lowest BCUT2D eigenvalue weighted by atomic mass is 10.2. The first-order valence-corrected chi connectivity index (χ1v) is 3.91. The first-order chi connectivity index (χ1) is 6.72. The third-order valence-electron chi connectivity index (χ3n) is 1.88. The monoisotopic (exact) mass is 192 g/mol. The highest BCUT2D eigenvalue weighted by atomic mass is 16.5. The molecule has 6 nitrogen and oxygen atoms in total. The number of carbonyl (C=O) groups is 1. The van der Waals surface area contributed by atoms with Crippen LogP contribution >= 0.6 is 0 Å². The van der Waals surface area contributed by atoms with E-state index in [0.717, 1.165) is 0 Å². The maximum absolute atomic E-state index is 11.2. The number of nitrogens with one attached hydrogen (secondary N) is 1. The Labute approximate surface area is 79.0 Å². The molecule has 72 valence electrons. The molecule has 1 aromatic carbocycles. The van der Waals surface area contributed by atoms with Crippen molar-refractivity contribution in [2.45, 2.75) is 0 Å². The fourth-order valence-corrected chi connectivity index (χ4v) is 1.22. The van der Waals surface area contributed by atoms with Crippen LogP contribution in [0.4, 0.5) is 5.69 Å². The maximum Gasteiger partial charge on any atom is 0.338 e. The molecular formula is C8H8N4O2. The summed E-state index contributed by atoms with van der Waals surface area (Å²) < 4.78 is 4.57. The van der Waals surface area contributed by atoms with Gasteiger partial charge in [0.15, 0.2) is 0 Å². The predicted molar refractivity (Wildman–Crippen MR) is 49.6 cm³/mol. The first kappa shape index (κ1) is 8.49. The Morgan fingerprint density at radius 2 is 2.36 bits per heavy atom. The number of aromatic nitrogens is 3. The van der Waals surface area contributed by atoms with Crippen molar-refractivity contribution < 1.29 is 9.53 Å². The molecule has 0 aliphatic heterocycles. The van der Waals surface area contributed by atoms with E-state index in [4.69, 9.17) is 5.73 Å². The fourth-order valence-electron chi connectivity index (χ4n) is 1.22. The SMILES string of the molecule is COC(=O)c1cc(N)c2nn[nH]c2c1. The highest BCUT2D eigenvalue weighted by Gasteiger charge is 2.10. The van der Waals surface area contributed by atoms with Crippen LogP contribution in [0.25, 0.3) is 11.0 Å². The summed E-state index contributed by atoms with van der Waals surface area (Å²) in [5.74, 6) is -0.437. The van der Waals surface area contributed by atoms with Crippen LogP contribution in [-0.2, 0) is 4.74 Å². The third kappa shape index (κ3) is 1.17. The van der Waals surface area contributed by atoms with E-state index >= 15 is 0 Å². The van der Waals surface area contributed by atoms with E-state index in [1.165, 1.54) is 13.2 Å². The average Bonchev–Trinajstić information content (AvgIpc) is 2.64. The number of H-pyrrole nitrogens is 1. The summed E-state index contributed by atoms with van der Waals surface area (Å²) in [6.07, 6.45) is 0. The van der Waals surface area contributed by atoms with Crippen molar-refractivity contribution in [2.75, 3.05) is 12.8 Å². The molecule has 0 atom stereocenters. The number of hydrogen-bond acceptors (Lipinski definition) is 5. The van der Waals surface area contributed by atoms with Crippen molar-refractivity contribution in [2.24, 2.45) is 0 Å². The standard InChI is InChI=1S/C8H8N4O2/c1-14-8(13)4-2-5(9)7-6(3-4)10-12-11-7/h2-3H,9H2,1H3,(H,10,11,12). The average molecular weight is 192 g/mol. The second-order valence-electron chi connectivity index (χ2n) is 2.77. The van der Waals surface area contributed by atoms with E-state index in [1.54, 1.807) is 6.07 Å². The van der Waals surface area contributed by atoms with E-state index in [0.29, 0.717) is 22.3 Å². The van der Waals surface area contributed by atoms with Crippen molar-refractivity contribution >= 4 is 22.7 Å². The molecule has 2 rings (SSSR count). The van der Waals surface area contributed by atoms with Gasteiger partial charge in [0.05, 0.1) is 23.9 Å². The Hall–Kier alpha value is -2.11. The van der Waals surface area contributed by atoms with Gasteiger partial charge in [0.25, 0.3) is 0 Å². The number of ether oxygens (including phenoxy) is 1. The molecule has 0 spiro atoms. The van der Waals surface area contributed by atoms with Gasteiger partial charge >= 0.3 is 5.97 Å². The summed E-state index contributed by atoms with van der Waals surface area (Å²) in [5, 5.41) is 9.97. The summed E-state index contributed by atoms with van der Waals surface area (Å²) >= 11 is 0. The molecule has 14 heavy (non-hydrogen) atoms. The quantitative estimate of drug-likeness (QED) is 0.501. The number of methoxy groups -OCH3 is 1. The summed E-state index contributed by atoms with van der Waals surface area (Å²) in [6, 6.07) is 3.11. The lowest BCUT2D eigenvalue weighted by molar-refractivity contribution is 0.0601. The van der Waals surface area contributed by atoms with E-state index in [9.17, 15) is 4.79 Å². The van der Waals surface area contributed by atoms with Gasteiger partial charge in [-0.1, -0.05) is 5.21 Å². The third-order valence-corrected chi connectivity index (χ3v) is 1.88. The van der Waals surface area contributed by atoms with Crippen molar-refractivity contribution in [3.8, 4) is 0 Å². The molecule has 0 amide bonds. The van der Waals surface area contributed by atoms with E-state index in [1.807, 2.05) is 0 Å². The Kier molecular flexibility index (Phi) is 1.81. The van der Waals surface area contributed by atoms with Gasteiger partial charge in [0, 0.05) is 0 Å². The molecule has 0 aliphatic rings. The molecule has 0 saturated heterocycles. The van der Waals surface area contributed by atoms with E-state index in [-0.39, 0.29) is 0 Å². The minimum absolute atomic E-state index is 0.378.